The van der Waals surface area contributed by atoms with Gasteiger partial charge < -0.3 is 9.80 Å². The van der Waals surface area contributed by atoms with E-state index in [1.54, 1.807) is 12.3 Å². The van der Waals surface area contributed by atoms with Crippen molar-refractivity contribution in [1.82, 2.24) is 22.9 Å². The summed E-state index contributed by atoms with van der Waals surface area (Å²) in [6, 6.07) is 3.22. The summed E-state index contributed by atoms with van der Waals surface area (Å²) in [4.78, 5) is 28.5. The lowest BCUT2D eigenvalue weighted by Gasteiger charge is -2.41. The molecule has 0 aliphatic carbocycles. The molecule has 0 saturated carbocycles. The first-order valence-electron chi connectivity index (χ1n) is 11.9. The SMILES string of the molecule is C[C@H]1C[C@@H](N(I)C(=O)CN2CCCN(C)CC2)CN(c2ccc(C(C)(F)F)c3nccnc23)C1. The molecule has 4 rings (SSSR count). The van der Waals surface area contributed by atoms with Gasteiger partial charge in [-0.05, 0) is 51.0 Å². The molecular formula is C24H33F2IN6O. The molecule has 2 saturated heterocycles. The molecule has 1 amide bonds. The average Bonchev–Trinajstić information content (AvgIpc) is 3.00. The molecular weight excluding hydrogens is 553 g/mol. The molecule has 10 heteroatoms. The molecule has 0 N–H and O–H groups in total. The average molecular weight is 586 g/mol. The monoisotopic (exact) mass is 586 g/mol. The van der Waals surface area contributed by atoms with E-state index in [4.69, 9.17) is 0 Å². The van der Waals surface area contributed by atoms with Crippen molar-refractivity contribution >= 4 is 45.5 Å². The quantitative estimate of drug-likeness (QED) is 0.393. The molecule has 2 fully saturated rings. The maximum atomic E-state index is 14.2. The fourth-order valence-electron chi connectivity index (χ4n) is 5.05. The number of carbonyl (C=O) groups excluding carboxylic acids is 1. The van der Waals surface area contributed by atoms with Crippen molar-refractivity contribution in [3.05, 3.63) is 30.1 Å². The molecule has 0 radical (unpaired) electrons. The van der Waals surface area contributed by atoms with Crippen molar-refractivity contribution in [3.63, 3.8) is 0 Å². The zero-order valence-corrected chi connectivity index (χ0v) is 22.2. The Labute approximate surface area is 214 Å². The van der Waals surface area contributed by atoms with Crippen molar-refractivity contribution < 1.29 is 13.6 Å². The van der Waals surface area contributed by atoms with Crippen molar-refractivity contribution in [2.24, 2.45) is 5.92 Å². The van der Waals surface area contributed by atoms with Crippen LogP contribution in [0.1, 0.15) is 32.3 Å². The lowest BCUT2D eigenvalue weighted by molar-refractivity contribution is -0.127. The minimum Gasteiger partial charge on any atom is -0.367 e. The third kappa shape index (κ3) is 5.76. The topological polar surface area (TPSA) is 55.8 Å². The first-order chi connectivity index (χ1) is 16.1. The number of hydrogen-bond donors (Lipinski definition) is 0. The van der Waals surface area contributed by atoms with Crippen LogP contribution in [-0.4, -0.2) is 87.7 Å². The van der Waals surface area contributed by atoms with Crippen molar-refractivity contribution in [1.29, 1.82) is 0 Å². The minimum atomic E-state index is -3.00. The Hall–Kier alpha value is -1.66. The second-order valence-electron chi connectivity index (χ2n) is 9.81. The number of alkyl halides is 2. The molecule has 1 aromatic heterocycles. The van der Waals surface area contributed by atoms with E-state index in [0.717, 1.165) is 58.2 Å². The first kappa shape index (κ1) is 25.4. The molecule has 2 aromatic rings. The van der Waals surface area contributed by atoms with Crippen LogP contribution in [0.15, 0.2) is 24.5 Å². The summed E-state index contributed by atoms with van der Waals surface area (Å²) in [5.74, 6) is -2.54. The van der Waals surface area contributed by atoms with Gasteiger partial charge in [-0.2, -0.15) is 0 Å². The molecule has 1 aromatic carbocycles. The van der Waals surface area contributed by atoms with Gasteiger partial charge in [-0.3, -0.25) is 22.8 Å². The highest BCUT2D eigenvalue weighted by molar-refractivity contribution is 14.1. The maximum absolute atomic E-state index is 14.2. The normalized spacial score (nSPS) is 23.2. The van der Waals surface area contributed by atoms with Gasteiger partial charge in [0.25, 0.3) is 5.92 Å². The van der Waals surface area contributed by atoms with Gasteiger partial charge in [0.15, 0.2) is 0 Å². The van der Waals surface area contributed by atoms with Crippen LogP contribution in [0.5, 0.6) is 0 Å². The Morgan fingerprint density at radius 3 is 2.62 bits per heavy atom. The number of aromatic nitrogens is 2. The molecule has 0 bridgehead atoms. The zero-order chi connectivity index (χ0) is 24.5. The summed E-state index contributed by atoms with van der Waals surface area (Å²) in [6.45, 7) is 8.77. The Kier molecular flexibility index (Phi) is 7.88. The van der Waals surface area contributed by atoms with E-state index in [-0.39, 0.29) is 23.0 Å². The van der Waals surface area contributed by atoms with Gasteiger partial charge >= 0.3 is 0 Å². The Bertz CT molecular complexity index is 1020. The summed E-state index contributed by atoms with van der Waals surface area (Å²) in [5.41, 5.74) is 1.39. The molecule has 2 aliphatic rings. The summed E-state index contributed by atoms with van der Waals surface area (Å²) in [6.07, 6.45) is 4.97. The highest BCUT2D eigenvalue weighted by atomic mass is 127. The number of hydrogen-bond acceptors (Lipinski definition) is 6. The van der Waals surface area contributed by atoms with Crippen LogP contribution < -0.4 is 4.90 Å². The number of rotatable bonds is 5. The number of carbonyl (C=O) groups is 1. The van der Waals surface area contributed by atoms with E-state index < -0.39 is 5.92 Å². The number of anilines is 1. The van der Waals surface area contributed by atoms with Crippen LogP contribution in [0.2, 0.25) is 0 Å². The number of likely N-dealkylation sites (N-methyl/N-ethyl adjacent to an activating group) is 1. The van der Waals surface area contributed by atoms with Crippen LogP contribution >= 0.6 is 22.9 Å². The number of piperidine rings is 1. The van der Waals surface area contributed by atoms with E-state index in [9.17, 15) is 13.6 Å². The molecule has 0 spiro atoms. The highest BCUT2D eigenvalue weighted by Crippen LogP contribution is 2.37. The Morgan fingerprint density at radius 1 is 1.15 bits per heavy atom. The molecule has 34 heavy (non-hydrogen) atoms. The van der Waals surface area contributed by atoms with Gasteiger partial charge in [-0.25, -0.2) is 8.78 Å². The van der Waals surface area contributed by atoms with Gasteiger partial charge in [-0.15, -0.1) is 0 Å². The lowest BCUT2D eigenvalue weighted by Crippen LogP contribution is -2.51. The Morgan fingerprint density at radius 2 is 1.88 bits per heavy atom. The number of fused-ring (bicyclic) bond motifs is 1. The van der Waals surface area contributed by atoms with Crippen molar-refractivity contribution in [2.75, 3.05) is 57.8 Å². The molecule has 2 aliphatic heterocycles. The smallest absolute Gasteiger partial charge is 0.272 e. The standard InChI is InChI=1S/C24H33F2IN6O/c1-17-13-18(33(27)21(34)16-31-10-4-9-30(3)11-12-31)15-32(14-17)20-6-5-19(24(2,25)26)22-23(20)29-8-7-28-22/h5-8,17-18H,4,9-16H2,1-3H3/t17-,18+/m0/s1. The molecule has 7 nitrogen and oxygen atoms in total. The third-order valence-electron chi connectivity index (χ3n) is 6.78. The molecule has 0 unspecified atom stereocenters. The van der Waals surface area contributed by atoms with Crippen molar-refractivity contribution in [2.45, 2.75) is 38.7 Å². The van der Waals surface area contributed by atoms with Crippen LogP contribution in [0.4, 0.5) is 14.5 Å². The van der Waals surface area contributed by atoms with Crippen LogP contribution in [0, 0.1) is 5.92 Å². The van der Waals surface area contributed by atoms with Gasteiger partial charge in [0.2, 0.25) is 5.91 Å². The summed E-state index contributed by atoms with van der Waals surface area (Å²) in [7, 11) is 2.12. The third-order valence-corrected chi connectivity index (χ3v) is 8.11. The van der Waals surface area contributed by atoms with E-state index >= 15 is 0 Å². The van der Waals surface area contributed by atoms with E-state index in [0.29, 0.717) is 24.5 Å². The van der Waals surface area contributed by atoms with Gasteiger partial charge in [0.05, 0.1) is 46.7 Å². The first-order valence-corrected chi connectivity index (χ1v) is 12.9. The predicted octanol–water partition coefficient (Wildman–Crippen LogP) is 3.77. The van der Waals surface area contributed by atoms with Gasteiger partial charge in [0, 0.05) is 51.1 Å². The van der Waals surface area contributed by atoms with Crippen LogP contribution in [0.3, 0.4) is 0 Å². The van der Waals surface area contributed by atoms with Gasteiger partial charge in [-0.1, -0.05) is 6.92 Å². The van der Waals surface area contributed by atoms with Crippen LogP contribution in [0.25, 0.3) is 11.0 Å². The van der Waals surface area contributed by atoms with E-state index in [1.807, 2.05) is 3.11 Å². The number of nitrogens with zero attached hydrogens (tertiary/aromatic N) is 6. The van der Waals surface area contributed by atoms with Crippen molar-refractivity contribution in [3.8, 4) is 0 Å². The minimum absolute atomic E-state index is 0.0329. The van der Waals surface area contributed by atoms with E-state index in [1.165, 1.54) is 12.3 Å². The second-order valence-corrected chi connectivity index (χ2v) is 10.9. The number of benzene rings is 1. The van der Waals surface area contributed by atoms with E-state index in [2.05, 4.69) is 61.5 Å². The maximum Gasteiger partial charge on any atom is 0.272 e. The summed E-state index contributed by atoms with van der Waals surface area (Å²) < 4.78 is 30.2. The summed E-state index contributed by atoms with van der Waals surface area (Å²) >= 11 is 2.16. The fourth-order valence-corrected chi connectivity index (χ4v) is 5.61. The van der Waals surface area contributed by atoms with Gasteiger partial charge in [0.1, 0.15) is 5.52 Å². The second kappa shape index (κ2) is 10.5. The number of halogens is 3. The molecule has 3 heterocycles. The predicted molar refractivity (Wildman–Crippen MR) is 138 cm³/mol. The molecule has 2 atom stereocenters. The Balaban J connectivity index is 1.52. The van der Waals surface area contributed by atoms with Crippen LogP contribution in [-0.2, 0) is 10.7 Å². The fraction of sp³-hybridized carbons (Fsp3) is 0.625. The molecule has 186 valence electrons. The highest BCUT2D eigenvalue weighted by Gasteiger charge is 2.34. The summed E-state index contributed by atoms with van der Waals surface area (Å²) in [5, 5.41) is 0. The lowest BCUT2D eigenvalue weighted by atomic mass is 9.94. The zero-order valence-electron chi connectivity index (χ0n) is 20.1. The number of amides is 1. The largest absolute Gasteiger partial charge is 0.367 e.